The second-order valence-corrected chi connectivity index (χ2v) is 3.58. The second kappa shape index (κ2) is 3.76. The molecule has 96 valence electrons. The molecule has 0 N–H and O–H groups in total. The number of hydrogen-bond donors (Lipinski definition) is 0. The smallest absolute Gasteiger partial charge is 0.308 e. The average molecular weight is 264 g/mol. The molecule has 0 atom stereocenters. The van der Waals surface area contributed by atoms with Crippen molar-refractivity contribution in [3.63, 3.8) is 0 Å². The minimum Gasteiger partial charge on any atom is -0.308 e. The molecule has 0 bridgehead atoms. The Morgan fingerprint density at radius 1 is 1.17 bits per heavy atom. The predicted molar refractivity (Wildman–Crippen MR) is 51.9 cm³/mol. The van der Waals surface area contributed by atoms with E-state index in [4.69, 9.17) is 0 Å². The summed E-state index contributed by atoms with van der Waals surface area (Å²) in [6.45, 7) is 0. The van der Waals surface area contributed by atoms with Gasteiger partial charge in [0.15, 0.2) is 11.6 Å². The van der Waals surface area contributed by atoms with E-state index in [2.05, 4.69) is 4.98 Å². The molecule has 0 aliphatic carbocycles. The molecule has 2 rings (SSSR count). The van der Waals surface area contributed by atoms with Crippen molar-refractivity contribution < 1.29 is 22.0 Å². The van der Waals surface area contributed by atoms with E-state index in [1.54, 1.807) is 0 Å². The van der Waals surface area contributed by atoms with Crippen LogP contribution in [0.2, 0.25) is 0 Å². The van der Waals surface area contributed by atoms with Gasteiger partial charge in [-0.2, -0.15) is 13.2 Å². The monoisotopic (exact) mass is 264 g/mol. The summed E-state index contributed by atoms with van der Waals surface area (Å²) < 4.78 is 63.9. The van der Waals surface area contributed by atoms with Gasteiger partial charge >= 0.3 is 6.18 Å². The number of aromatic nitrogens is 2. The van der Waals surface area contributed by atoms with Gasteiger partial charge in [0.2, 0.25) is 5.69 Å². The van der Waals surface area contributed by atoms with Crippen LogP contribution in [0.1, 0.15) is 5.69 Å². The predicted octanol–water partition coefficient (Wildman–Crippen LogP) is 2.23. The minimum atomic E-state index is -4.95. The standard InChI is InChI=1S/C10H5F5N2O/c1-17-7-3-5(12)4(11)2-6(7)16-8(9(17)18)10(13,14)15/h2-3H,1H3. The van der Waals surface area contributed by atoms with Gasteiger partial charge in [-0.05, 0) is 0 Å². The summed E-state index contributed by atoms with van der Waals surface area (Å²) in [6, 6.07) is 1.14. The summed E-state index contributed by atoms with van der Waals surface area (Å²) in [4.78, 5) is 14.4. The molecule has 18 heavy (non-hydrogen) atoms. The van der Waals surface area contributed by atoms with Gasteiger partial charge in [0.05, 0.1) is 11.0 Å². The number of alkyl halides is 3. The maximum Gasteiger partial charge on any atom is 0.438 e. The lowest BCUT2D eigenvalue weighted by molar-refractivity contribution is -0.142. The number of benzene rings is 1. The summed E-state index contributed by atoms with van der Waals surface area (Å²) >= 11 is 0. The van der Waals surface area contributed by atoms with Crippen LogP contribution in [0.4, 0.5) is 22.0 Å². The Hall–Kier alpha value is -1.99. The lowest BCUT2D eigenvalue weighted by Crippen LogP contribution is -2.29. The number of aryl methyl sites for hydroxylation is 1. The molecule has 0 radical (unpaired) electrons. The van der Waals surface area contributed by atoms with E-state index >= 15 is 0 Å². The van der Waals surface area contributed by atoms with Gasteiger partial charge in [0.1, 0.15) is 0 Å². The molecule has 0 spiro atoms. The molecule has 0 fully saturated rings. The summed E-state index contributed by atoms with van der Waals surface area (Å²) in [6.07, 6.45) is -4.95. The summed E-state index contributed by atoms with van der Waals surface area (Å²) in [5, 5.41) is 0. The Balaban J connectivity index is 2.93. The third-order valence-corrected chi connectivity index (χ3v) is 2.39. The number of halogens is 5. The maximum absolute atomic E-state index is 13.0. The van der Waals surface area contributed by atoms with E-state index in [9.17, 15) is 26.7 Å². The number of hydrogen-bond acceptors (Lipinski definition) is 2. The van der Waals surface area contributed by atoms with Gasteiger partial charge in [-0.25, -0.2) is 13.8 Å². The lowest BCUT2D eigenvalue weighted by atomic mass is 10.2. The molecule has 0 aliphatic heterocycles. The van der Waals surface area contributed by atoms with Crippen molar-refractivity contribution in [2.45, 2.75) is 6.18 Å². The Bertz CT molecular complexity index is 689. The van der Waals surface area contributed by atoms with Crippen molar-refractivity contribution in [1.82, 2.24) is 9.55 Å². The van der Waals surface area contributed by atoms with Gasteiger partial charge in [-0.15, -0.1) is 0 Å². The third-order valence-electron chi connectivity index (χ3n) is 2.39. The first kappa shape index (κ1) is 12.5. The third kappa shape index (κ3) is 1.83. The zero-order chi connectivity index (χ0) is 13.7. The second-order valence-electron chi connectivity index (χ2n) is 3.58. The maximum atomic E-state index is 13.0. The van der Waals surface area contributed by atoms with Gasteiger partial charge in [-0.3, -0.25) is 4.79 Å². The highest BCUT2D eigenvalue weighted by atomic mass is 19.4. The van der Waals surface area contributed by atoms with E-state index < -0.39 is 34.6 Å². The summed E-state index contributed by atoms with van der Waals surface area (Å²) in [7, 11) is 1.03. The highest BCUT2D eigenvalue weighted by Gasteiger charge is 2.37. The van der Waals surface area contributed by atoms with Crippen LogP contribution in [-0.2, 0) is 13.2 Å². The first-order valence-electron chi connectivity index (χ1n) is 4.65. The van der Waals surface area contributed by atoms with Crippen LogP contribution < -0.4 is 5.56 Å². The zero-order valence-electron chi connectivity index (χ0n) is 8.85. The van der Waals surface area contributed by atoms with Crippen molar-refractivity contribution in [3.8, 4) is 0 Å². The van der Waals surface area contributed by atoms with Crippen molar-refractivity contribution in [2.24, 2.45) is 7.05 Å². The fourth-order valence-electron chi connectivity index (χ4n) is 1.51. The van der Waals surface area contributed by atoms with Crippen LogP contribution in [0.3, 0.4) is 0 Å². The molecular formula is C10H5F5N2O. The SMILES string of the molecule is Cn1c(=O)c(C(F)(F)F)nc2cc(F)c(F)cc21. The van der Waals surface area contributed by atoms with Gasteiger partial charge in [-0.1, -0.05) is 0 Å². The largest absolute Gasteiger partial charge is 0.438 e. The topological polar surface area (TPSA) is 34.9 Å². The molecule has 0 saturated heterocycles. The highest BCUT2D eigenvalue weighted by molar-refractivity contribution is 5.75. The molecule has 1 aromatic heterocycles. The Labute approximate surface area is 96.5 Å². The first-order chi connectivity index (χ1) is 8.21. The Morgan fingerprint density at radius 2 is 1.72 bits per heavy atom. The molecule has 0 aliphatic rings. The van der Waals surface area contributed by atoms with Gasteiger partial charge < -0.3 is 4.57 Å². The van der Waals surface area contributed by atoms with Crippen LogP contribution in [-0.4, -0.2) is 9.55 Å². The fourth-order valence-corrected chi connectivity index (χ4v) is 1.51. The zero-order valence-corrected chi connectivity index (χ0v) is 8.85. The van der Waals surface area contributed by atoms with Crippen LogP contribution in [0, 0.1) is 11.6 Å². The first-order valence-corrected chi connectivity index (χ1v) is 4.65. The lowest BCUT2D eigenvalue weighted by Gasteiger charge is -2.10. The quantitative estimate of drug-likeness (QED) is 0.684. The van der Waals surface area contributed by atoms with Crippen molar-refractivity contribution in [1.29, 1.82) is 0 Å². The summed E-state index contributed by atoms with van der Waals surface area (Å²) in [5.41, 5.74) is -3.74. The van der Waals surface area contributed by atoms with Crippen LogP contribution in [0.25, 0.3) is 11.0 Å². The average Bonchev–Trinajstić information content (AvgIpc) is 2.25. The van der Waals surface area contributed by atoms with Gasteiger partial charge in [0.25, 0.3) is 5.56 Å². The van der Waals surface area contributed by atoms with Gasteiger partial charge in [0, 0.05) is 19.2 Å². The van der Waals surface area contributed by atoms with Crippen LogP contribution >= 0.6 is 0 Å². The Kier molecular flexibility index (Phi) is 2.60. The molecule has 1 aromatic carbocycles. The number of nitrogens with zero attached hydrogens (tertiary/aromatic N) is 2. The summed E-state index contributed by atoms with van der Waals surface area (Å²) in [5.74, 6) is -2.60. The molecule has 0 amide bonds. The molecule has 2 aromatic rings. The van der Waals surface area contributed by atoms with Crippen molar-refractivity contribution in [3.05, 3.63) is 39.8 Å². The van der Waals surface area contributed by atoms with E-state index in [0.717, 1.165) is 7.05 Å². The molecular weight excluding hydrogens is 259 g/mol. The normalized spacial score (nSPS) is 12.1. The molecule has 0 unspecified atom stereocenters. The van der Waals surface area contributed by atoms with Crippen LogP contribution in [0.5, 0.6) is 0 Å². The Morgan fingerprint density at radius 3 is 2.28 bits per heavy atom. The van der Waals surface area contributed by atoms with E-state index in [0.29, 0.717) is 16.7 Å². The number of rotatable bonds is 0. The van der Waals surface area contributed by atoms with E-state index in [-0.39, 0.29) is 5.52 Å². The van der Waals surface area contributed by atoms with E-state index in [1.165, 1.54) is 0 Å². The van der Waals surface area contributed by atoms with Crippen molar-refractivity contribution in [2.75, 3.05) is 0 Å². The van der Waals surface area contributed by atoms with Crippen LogP contribution in [0.15, 0.2) is 16.9 Å². The van der Waals surface area contributed by atoms with Crippen molar-refractivity contribution >= 4 is 11.0 Å². The molecule has 0 saturated carbocycles. The fraction of sp³-hybridized carbons (Fsp3) is 0.200. The number of fused-ring (bicyclic) bond motifs is 1. The molecule has 8 heteroatoms. The van der Waals surface area contributed by atoms with E-state index in [1.807, 2.05) is 0 Å². The molecule has 1 heterocycles. The minimum absolute atomic E-state index is 0.216. The highest BCUT2D eigenvalue weighted by Crippen LogP contribution is 2.26. The molecule has 3 nitrogen and oxygen atoms in total.